The van der Waals surface area contributed by atoms with Crippen LogP contribution < -0.4 is 10.6 Å². The molecule has 0 radical (unpaired) electrons. The zero-order valence-electron chi connectivity index (χ0n) is 17.7. The normalized spacial score (nSPS) is 13.0. The second-order valence-electron chi connectivity index (χ2n) is 7.28. The number of aromatic nitrogens is 4. The number of carbonyl (C=O) groups is 1. The number of nitrogens with one attached hydrogen (secondary N) is 2. The molecule has 1 aromatic carbocycles. The molecule has 0 unspecified atom stereocenters. The fourth-order valence-corrected chi connectivity index (χ4v) is 2.87. The van der Waals surface area contributed by atoms with Crippen LogP contribution in [0.3, 0.4) is 0 Å². The van der Waals surface area contributed by atoms with E-state index in [0.717, 1.165) is 0 Å². The number of benzene rings is 1. The van der Waals surface area contributed by atoms with E-state index in [-0.39, 0.29) is 35.7 Å². The number of alkyl halides is 6. The van der Waals surface area contributed by atoms with Crippen LogP contribution in [-0.4, -0.2) is 43.4 Å². The van der Waals surface area contributed by atoms with Gasteiger partial charge in [0.25, 0.3) is 5.91 Å². The molecule has 34 heavy (non-hydrogen) atoms. The second kappa shape index (κ2) is 9.29. The van der Waals surface area contributed by atoms with Crippen LogP contribution in [0, 0.1) is 0 Å². The van der Waals surface area contributed by atoms with Crippen molar-refractivity contribution < 1.29 is 36.2 Å². The largest absolute Gasteiger partial charge is 0.416 e. The number of aliphatic hydroxyl groups is 1. The van der Waals surface area contributed by atoms with Crippen LogP contribution in [0.4, 0.5) is 38.0 Å². The van der Waals surface area contributed by atoms with Crippen LogP contribution in [0.2, 0.25) is 0 Å². The van der Waals surface area contributed by atoms with Gasteiger partial charge in [0.05, 0.1) is 23.4 Å². The van der Waals surface area contributed by atoms with Gasteiger partial charge in [-0.05, 0) is 37.3 Å². The highest BCUT2D eigenvalue weighted by Crippen LogP contribution is 2.38. The molecule has 3 rings (SSSR count). The van der Waals surface area contributed by atoms with Gasteiger partial charge < -0.3 is 15.7 Å². The SMILES string of the molecule is C[C@@H](CO)NC(=O)c1cc(-c2ccnc(Nc3cc(C(F)(F)F)cc(C(F)(F)F)c3)n2)nn1C. The number of aliphatic hydroxyl groups excluding tert-OH is 1. The summed E-state index contributed by atoms with van der Waals surface area (Å²) in [5.41, 5.74) is -2.99. The molecule has 0 aliphatic rings. The van der Waals surface area contributed by atoms with E-state index in [1.165, 1.54) is 30.1 Å². The van der Waals surface area contributed by atoms with E-state index in [0.29, 0.717) is 12.1 Å². The summed E-state index contributed by atoms with van der Waals surface area (Å²) in [6, 6.07) is 3.32. The number of hydrogen-bond acceptors (Lipinski definition) is 6. The van der Waals surface area contributed by atoms with Crippen molar-refractivity contribution in [3.63, 3.8) is 0 Å². The van der Waals surface area contributed by atoms with Gasteiger partial charge >= 0.3 is 12.4 Å². The van der Waals surface area contributed by atoms with Gasteiger partial charge in [0.1, 0.15) is 11.4 Å². The van der Waals surface area contributed by atoms with Gasteiger partial charge in [-0.3, -0.25) is 9.48 Å². The third-order valence-electron chi connectivity index (χ3n) is 4.53. The second-order valence-corrected chi connectivity index (χ2v) is 7.28. The van der Waals surface area contributed by atoms with Crippen LogP contribution in [-0.2, 0) is 19.4 Å². The Morgan fingerprint density at radius 3 is 2.24 bits per heavy atom. The van der Waals surface area contributed by atoms with Crippen LogP contribution in [0.5, 0.6) is 0 Å². The summed E-state index contributed by atoms with van der Waals surface area (Å²) < 4.78 is 79.8. The summed E-state index contributed by atoms with van der Waals surface area (Å²) in [5, 5.41) is 18.1. The number of hydrogen-bond donors (Lipinski definition) is 3. The molecular weight excluding hydrogens is 470 g/mol. The van der Waals surface area contributed by atoms with E-state index in [1.54, 1.807) is 6.92 Å². The first-order valence-corrected chi connectivity index (χ1v) is 9.63. The minimum atomic E-state index is -5.00. The van der Waals surface area contributed by atoms with Crippen LogP contribution in [0.1, 0.15) is 28.5 Å². The lowest BCUT2D eigenvalue weighted by molar-refractivity contribution is -0.143. The number of nitrogens with zero attached hydrogens (tertiary/aromatic N) is 4. The summed E-state index contributed by atoms with van der Waals surface area (Å²) in [4.78, 5) is 20.2. The first-order valence-electron chi connectivity index (χ1n) is 9.63. The summed E-state index contributed by atoms with van der Waals surface area (Å²) in [5.74, 6) is -0.797. The molecule has 0 fully saturated rings. The van der Waals surface area contributed by atoms with Gasteiger partial charge in [-0.25, -0.2) is 9.97 Å². The highest BCUT2D eigenvalue weighted by molar-refractivity contribution is 5.93. The number of carbonyl (C=O) groups excluding carboxylic acids is 1. The van der Waals surface area contributed by atoms with Crippen molar-refractivity contribution in [3.05, 3.63) is 53.3 Å². The molecule has 0 saturated carbocycles. The molecule has 1 atom stereocenters. The predicted molar refractivity (Wildman–Crippen MR) is 108 cm³/mol. The monoisotopic (exact) mass is 488 g/mol. The quantitative estimate of drug-likeness (QED) is 0.457. The predicted octanol–water partition coefficient (Wildman–Crippen LogP) is 3.77. The van der Waals surface area contributed by atoms with Crippen molar-refractivity contribution in [2.24, 2.45) is 7.05 Å². The highest BCUT2D eigenvalue weighted by Gasteiger charge is 2.37. The van der Waals surface area contributed by atoms with E-state index in [2.05, 4.69) is 25.7 Å². The van der Waals surface area contributed by atoms with Gasteiger partial charge in [0.2, 0.25) is 5.95 Å². The molecular formula is C20H18F6N6O2. The molecule has 14 heteroatoms. The fraction of sp³-hybridized carbons (Fsp3) is 0.300. The Kier molecular flexibility index (Phi) is 6.82. The maximum Gasteiger partial charge on any atom is 0.416 e. The van der Waals surface area contributed by atoms with Gasteiger partial charge in [-0.15, -0.1) is 0 Å². The average Bonchev–Trinajstić information content (AvgIpc) is 3.14. The van der Waals surface area contributed by atoms with Crippen molar-refractivity contribution in [2.45, 2.75) is 25.3 Å². The van der Waals surface area contributed by atoms with Crippen LogP contribution in [0.25, 0.3) is 11.4 Å². The van der Waals surface area contributed by atoms with E-state index in [4.69, 9.17) is 5.11 Å². The third kappa shape index (κ3) is 5.81. The van der Waals surface area contributed by atoms with E-state index in [1.807, 2.05) is 0 Å². The lowest BCUT2D eigenvalue weighted by Gasteiger charge is -2.14. The number of rotatable bonds is 6. The number of halogens is 6. The number of aryl methyl sites for hydroxylation is 1. The molecule has 0 aliphatic heterocycles. The van der Waals surface area contributed by atoms with Crippen LogP contribution in [0.15, 0.2) is 36.5 Å². The summed E-state index contributed by atoms with van der Waals surface area (Å²) in [6.07, 6.45) is -8.77. The zero-order chi connectivity index (χ0) is 25.3. The summed E-state index contributed by atoms with van der Waals surface area (Å²) in [7, 11) is 1.49. The standard InChI is InChI=1S/C20H18F6N6O2/c1-10(9-33)28-17(34)16-8-15(31-32(16)2)14-3-4-27-18(30-14)29-13-6-11(19(21,22)23)5-12(7-13)20(24,25)26/h3-8,10,33H,9H2,1-2H3,(H,28,34)(H,27,29,30)/t10-/m0/s1. The molecule has 3 N–H and O–H groups in total. The summed E-state index contributed by atoms with van der Waals surface area (Å²) in [6.45, 7) is 1.32. The molecule has 3 aromatic rings. The molecule has 0 bridgehead atoms. The van der Waals surface area contributed by atoms with Crippen molar-refractivity contribution in [1.29, 1.82) is 0 Å². The van der Waals surface area contributed by atoms with Gasteiger partial charge in [-0.2, -0.15) is 31.4 Å². The Balaban J connectivity index is 1.92. The van der Waals surface area contributed by atoms with Crippen molar-refractivity contribution in [2.75, 3.05) is 11.9 Å². The molecule has 2 heterocycles. The minimum absolute atomic E-state index is 0.0145. The Hall–Kier alpha value is -3.68. The molecule has 0 spiro atoms. The Labute approximate surface area is 188 Å². The first kappa shape index (κ1) is 25.0. The summed E-state index contributed by atoms with van der Waals surface area (Å²) >= 11 is 0. The average molecular weight is 488 g/mol. The highest BCUT2D eigenvalue weighted by atomic mass is 19.4. The Morgan fingerprint density at radius 2 is 1.68 bits per heavy atom. The Morgan fingerprint density at radius 1 is 1.06 bits per heavy atom. The van der Waals surface area contributed by atoms with Gasteiger partial charge in [-0.1, -0.05) is 0 Å². The number of anilines is 2. The lowest BCUT2D eigenvalue weighted by Crippen LogP contribution is -2.36. The fourth-order valence-electron chi connectivity index (χ4n) is 2.87. The van der Waals surface area contributed by atoms with E-state index >= 15 is 0 Å². The minimum Gasteiger partial charge on any atom is -0.394 e. The maximum absolute atomic E-state index is 13.1. The molecule has 0 saturated heterocycles. The topological polar surface area (TPSA) is 105 Å². The smallest absolute Gasteiger partial charge is 0.394 e. The molecule has 2 aromatic heterocycles. The molecule has 1 amide bonds. The van der Waals surface area contributed by atoms with Crippen molar-refractivity contribution >= 4 is 17.5 Å². The Bertz CT molecular complexity index is 1160. The lowest BCUT2D eigenvalue weighted by atomic mass is 10.1. The van der Waals surface area contributed by atoms with Gasteiger partial charge in [0, 0.05) is 25.0 Å². The molecule has 0 aliphatic carbocycles. The molecule has 8 nitrogen and oxygen atoms in total. The van der Waals surface area contributed by atoms with E-state index in [9.17, 15) is 31.1 Å². The maximum atomic E-state index is 13.1. The van der Waals surface area contributed by atoms with E-state index < -0.39 is 41.1 Å². The van der Waals surface area contributed by atoms with Crippen molar-refractivity contribution in [1.82, 2.24) is 25.1 Å². The van der Waals surface area contributed by atoms with Crippen LogP contribution >= 0.6 is 0 Å². The molecule has 182 valence electrons. The van der Waals surface area contributed by atoms with Gasteiger partial charge in [0.15, 0.2) is 0 Å². The number of amides is 1. The zero-order valence-corrected chi connectivity index (χ0v) is 17.7. The van der Waals surface area contributed by atoms with Crippen molar-refractivity contribution in [3.8, 4) is 11.4 Å². The third-order valence-corrected chi connectivity index (χ3v) is 4.53. The first-order chi connectivity index (χ1) is 15.8.